The second-order valence-corrected chi connectivity index (χ2v) is 8.89. The number of imidazole rings is 1. The van der Waals surface area contributed by atoms with Gasteiger partial charge in [-0.2, -0.15) is 4.98 Å². The first-order valence-corrected chi connectivity index (χ1v) is 12.2. The van der Waals surface area contributed by atoms with Crippen LogP contribution in [0.1, 0.15) is 32.3 Å². The van der Waals surface area contributed by atoms with Gasteiger partial charge in [0, 0.05) is 13.1 Å². The second-order valence-electron chi connectivity index (χ2n) is 8.89. The molecule has 0 fully saturated rings. The van der Waals surface area contributed by atoms with Crippen molar-refractivity contribution in [3.63, 3.8) is 0 Å². The van der Waals surface area contributed by atoms with Crippen LogP contribution in [0.15, 0.2) is 69.0 Å². The zero-order valence-corrected chi connectivity index (χ0v) is 20.5. The van der Waals surface area contributed by atoms with Crippen molar-refractivity contribution < 1.29 is 9.50 Å². The normalized spacial score (nSPS) is 11.5. The molecule has 0 unspecified atom stereocenters. The van der Waals surface area contributed by atoms with E-state index in [0.29, 0.717) is 30.5 Å². The van der Waals surface area contributed by atoms with Crippen molar-refractivity contribution in [1.29, 1.82) is 0 Å². The van der Waals surface area contributed by atoms with Gasteiger partial charge in [0.1, 0.15) is 11.4 Å². The maximum absolute atomic E-state index is 13.9. The van der Waals surface area contributed by atoms with Crippen LogP contribution in [-0.2, 0) is 19.6 Å². The molecule has 0 radical (unpaired) electrons. The Hall–Kier alpha value is -4.47. The van der Waals surface area contributed by atoms with Gasteiger partial charge in [-0.3, -0.25) is 23.3 Å². The second kappa shape index (κ2) is 9.53. The molecule has 0 aliphatic carbocycles. The van der Waals surface area contributed by atoms with Crippen LogP contribution in [0.25, 0.3) is 28.1 Å². The van der Waals surface area contributed by atoms with E-state index in [1.54, 1.807) is 42.5 Å². The summed E-state index contributed by atoms with van der Waals surface area (Å²) in [5.74, 6) is -0.742. The Bertz CT molecular complexity index is 1800. The topological polar surface area (TPSA) is 104 Å². The number of benzene rings is 2. The number of hydrogen-bond acceptors (Lipinski definition) is 5. The smallest absolute Gasteiger partial charge is 0.332 e. The molecule has 9 nitrogen and oxygen atoms in total. The molecule has 3 heterocycles. The van der Waals surface area contributed by atoms with Crippen molar-refractivity contribution >= 4 is 16.9 Å². The molecule has 0 amide bonds. The fraction of sp³-hybridized carbons (Fsp3) is 0.259. The molecule has 0 spiro atoms. The Labute approximate surface area is 210 Å². The van der Waals surface area contributed by atoms with Crippen LogP contribution in [0.4, 0.5) is 4.39 Å². The summed E-state index contributed by atoms with van der Waals surface area (Å²) in [4.78, 5) is 45.3. The Morgan fingerprint density at radius 1 is 0.838 bits per heavy atom. The average molecular weight is 504 g/mol. The zero-order chi connectivity index (χ0) is 26.3. The molecule has 0 aliphatic rings. The molecule has 190 valence electrons. The van der Waals surface area contributed by atoms with Crippen molar-refractivity contribution in [2.24, 2.45) is 0 Å². The van der Waals surface area contributed by atoms with E-state index in [1.165, 1.54) is 25.7 Å². The molecule has 2 aromatic carbocycles. The number of aromatic nitrogens is 5. The molecule has 0 atom stereocenters. The number of rotatable bonds is 7. The van der Waals surface area contributed by atoms with Crippen LogP contribution < -0.4 is 16.8 Å². The average Bonchev–Trinajstić information content (AvgIpc) is 3.30. The lowest BCUT2D eigenvalue weighted by molar-refractivity contribution is 0.422. The number of fused-ring (bicyclic) bond motifs is 3. The van der Waals surface area contributed by atoms with Gasteiger partial charge in [-0.05, 0) is 36.1 Å². The minimum absolute atomic E-state index is 0.0100. The van der Waals surface area contributed by atoms with Crippen LogP contribution in [0.5, 0.6) is 5.88 Å². The van der Waals surface area contributed by atoms with Gasteiger partial charge in [0.05, 0.1) is 6.54 Å². The summed E-state index contributed by atoms with van der Waals surface area (Å²) in [5, 5.41) is 11.4. The third kappa shape index (κ3) is 3.94. The lowest BCUT2D eigenvalue weighted by Gasteiger charge is -2.15. The summed E-state index contributed by atoms with van der Waals surface area (Å²) in [6.45, 7) is 4.29. The van der Waals surface area contributed by atoms with Crippen molar-refractivity contribution in [3.8, 4) is 17.0 Å². The summed E-state index contributed by atoms with van der Waals surface area (Å²) < 4.78 is 18.7. The third-order valence-corrected chi connectivity index (χ3v) is 6.36. The maximum Gasteiger partial charge on any atom is 0.332 e. The Kier molecular flexibility index (Phi) is 6.24. The summed E-state index contributed by atoms with van der Waals surface area (Å²) in [6, 6.07) is 14.4. The zero-order valence-electron chi connectivity index (χ0n) is 20.5. The molecule has 0 bridgehead atoms. The van der Waals surface area contributed by atoms with E-state index in [2.05, 4.69) is 4.98 Å². The number of aryl methyl sites for hydroxylation is 1. The quantitative estimate of drug-likeness (QED) is 0.367. The number of hydrogen-bond donors (Lipinski definition) is 1. The molecule has 0 aliphatic heterocycles. The molecule has 3 aromatic heterocycles. The van der Waals surface area contributed by atoms with E-state index in [0.717, 1.165) is 4.57 Å². The Morgan fingerprint density at radius 3 is 2.14 bits per heavy atom. The van der Waals surface area contributed by atoms with Gasteiger partial charge in [0.25, 0.3) is 11.1 Å². The van der Waals surface area contributed by atoms with Gasteiger partial charge in [0.15, 0.2) is 11.2 Å². The SMILES string of the molecule is CCCn1c(=O)c2c(nc3n(Cc4ccc(F)cc4)c(O)c(-c4ccccc4)c(=O)n23)n(CCC)c1=O. The highest BCUT2D eigenvalue weighted by atomic mass is 19.1. The van der Waals surface area contributed by atoms with E-state index in [-0.39, 0.29) is 41.5 Å². The summed E-state index contributed by atoms with van der Waals surface area (Å²) in [7, 11) is 0. The van der Waals surface area contributed by atoms with Crippen LogP contribution in [-0.4, -0.2) is 28.2 Å². The fourth-order valence-electron chi connectivity index (χ4n) is 4.66. The summed E-state index contributed by atoms with van der Waals surface area (Å²) >= 11 is 0. The van der Waals surface area contributed by atoms with Crippen molar-refractivity contribution in [1.82, 2.24) is 23.1 Å². The molecular weight excluding hydrogens is 477 g/mol. The summed E-state index contributed by atoms with van der Waals surface area (Å²) in [6.07, 6.45) is 1.15. The highest BCUT2D eigenvalue weighted by Crippen LogP contribution is 2.29. The van der Waals surface area contributed by atoms with Gasteiger partial charge in [-0.15, -0.1) is 0 Å². The van der Waals surface area contributed by atoms with Crippen molar-refractivity contribution in [3.05, 3.63) is 97.2 Å². The highest BCUT2D eigenvalue weighted by Gasteiger charge is 2.26. The molecule has 1 N–H and O–H groups in total. The van der Waals surface area contributed by atoms with Gasteiger partial charge < -0.3 is 5.11 Å². The minimum Gasteiger partial charge on any atom is -0.494 e. The molecule has 5 rings (SSSR count). The molecule has 10 heteroatoms. The largest absolute Gasteiger partial charge is 0.494 e. The lowest BCUT2D eigenvalue weighted by atomic mass is 10.1. The predicted molar refractivity (Wildman–Crippen MR) is 139 cm³/mol. The van der Waals surface area contributed by atoms with Gasteiger partial charge in [-0.25, -0.2) is 13.6 Å². The van der Waals surface area contributed by atoms with Crippen LogP contribution in [0.2, 0.25) is 0 Å². The van der Waals surface area contributed by atoms with Crippen LogP contribution in [0.3, 0.4) is 0 Å². The third-order valence-electron chi connectivity index (χ3n) is 6.36. The fourth-order valence-corrected chi connectivity index (χ4v) is 4.66. The van der Waals surface area contributed by atoms with Crippen molar-refractivity contribution in [2.45, 2.75) is 46.3 Å². The van der Waals surface area contributed by atoms with Crippen LogP contribution >= 0.6 is 0 Å². The molecule has 0 saturated heterocycles. The first kappa shape index (κ1) is 24.2. The molecule has 5 aromatic rings. The predicted octanol–water partition coefficient (Wildman–Crippen LogP) is 3.35. The van der Waals surface area contributed by atoms with Crippen LogP contribution in [0, 0.1) is 5.82 Å². The van der Waals surface area contributed by atoms with Gasteiger partial charge >= 0.3 is 5.69 Å². The number of halogens is 1. The monoisotopic (exact) mass is 503 g/mol. The van der Waals surface area contributed by atoms with E-state index in [4.69, 9.17) is 0 Å². The Balaban J connectivity index is 1.97. The minimum atomic E-state index is -0.626. The standard InChI is InChI=1S/C27H26FN5O4/c1-3-14-30-22-21(25(36)31(15-4-2)27(30)37)33-24(35)20(18-8-6-5-7-9-18)23(34)32(26(33)29-22)16-17-10-12-19(28)13-11-17/h5-13,34H,3-4,14-16H2,1-2H3. The highest BCUT2D eigenvalue weighted by molar-refractivity contribution is 5.78. The molecular formula is C27H26FN5O4. The van der Waals surface area contributed by atoms with Gasteiger partial charge in [-0.1, -0.05) is 56.3 Å². The molecule has 0 saturated carbocycles. The van der Waals surface area contributed by atoms with Gasteiger partial charge in [0.2, 0.25) is 11.7 Å². The number of aromatic hydroxyl groups is 1. The van der Waals surface area contributed by atoms with E-state index in [1.807, 2.05) is 13.8 Å². The Morgan fingerprint density at radius 2 is 1.49 bits per heavy atom. The first-order chi connectivity index (χ1) is 17.9. The van der Waals surface area contributed by atoms with E-state index >= 15 is 0 Å². The molecule has 37 heavy (non-hydrogen) atoms. The van der Waals surface area contributed by atoms with E-state index < -0.39 is 22.6 Å². The maximum atomic E-state index is 13.9. The van der Waals surface area contributed by atoms with Crippen molar-refractivity contribution in [2.75, 3.05) is 0 Å². The van der Waals surface area contributed by atoms with E-state index in [9.17, 15) is 23.9 Å². The first-order valence-electron chi connectivity index (χ1n) is 12.2. The lowest BCUT2D eigenvalue weighted by Crippen LogP contribution is -2.40. The number of nitrogens with zero attached hydrogens (tertiary/aromatic N) is 5. The summed E-state index contributed by atoms with van der Waals surface area (Å²) in [5.41, 5.74) is -0.584.